The van der Waals surface area contributed by atoms with Crippen LogP contribution in [0.1, 0.15) is 0 Å². The van der Waals surface area contributed by atoms with Crippen molar-refractivity contribution in [1.82, 2.24) is 29.4 Å². The predicted molar refractivity (Wildman–Crippen MR) is 188 cm³/mol. The zero-order valence-electron chi connectivity index (χ0n) is 31.2. The van der Waals surface area contributed by atoms with Crippen LogP contribution in [-0.2, 0) is 68.5 Å². The van der Waals surface area contributed by atoms with Crippen LogP contribution < -0.4 is 0 Å². The molecule has 328 valence electrons. The maximum absolute atomic E-state index is 10.4. The SMILES string of the molecule is O=C(O)CN(CC(=O)O)CC(=O)O.O=C(O)CN(CC(=O)O)CC(=O)O.O=S(=O)([O-])CCN1CCN(CCO)CC1.O=S(=O)([O-])CCN1CCN(CCO)CC1.[Zn+2]. The minimum Gasteiger partial charge on any atom is -0.748 e. The van der Waals surface area contributed by atoms with E-state index in [1.165, 1.54) is 0 Å². The number of carbonyl (C=O) groups is 6. The molecule has 0 bridgehead atoms. The van der Waals surface area contributed by atoms with E-state index in [9.17, 15) is 54.7 Å². The van der Waals surface area contributed by atoms with E-state index in [0.717, 1.165) is 62.2 Å². The van der Waals surface area contributed by atoms with Gasteiger partial charge in [0, 0.05) is 78.5 Å². The number of aliphatic carboxylic acids is 6. The fraction of sp³-hybridized carbons (Fsp3) is 0.786. The molecule has 0 saturated carbocycles. The normalized spacial score (nSPS) is 15.4. The molecule has 0 aromatic heterocycles. The van der Waals surface area contributed by atoms with Gasteiger partial charge in [0.05, 0.1) is 84.2 Å². The van der Waals surface area contributed by atoms with Crippen LogP contribution in [0.4, 0.5) is 0 Å². The van der Waals surface area contributed by atoms with Crippen molar-refractivity contribution in [2.75, 3.05) is 143 Å². The summed E-state index contributed by atoms with van der Waals surface area (Å²) in [6.45, 7) is 4.97. The van der Waals surface area contributed by atoms with Gasteiger partial charge in [0.25, 0.3) is 0 Å². The summed E-state index contributed by atoms with van der Waals surface area (Å²) in [6, 6.07) is 0. The van der Waals surface area contributed by atoms with E-state index in [1.807, 2.05) is 9.80 Å². The van der Waals surface area contributed by atoms with Crippen molar-refractivity contribution in [3.63, 3.8) is 0 Å². The number of piperazine rings is 2. The maximum atomic E-state index is 10.4. The van der Waals surface area contributed by atoms with Crippen LogP contribution in [0, 0.1) is 0 Å². The van der Waals surface area contributed by atoms with Crippen molar-refractivity contribution in [1.29, 1.82) is 0 Å². The van der Waals surface area contributed by atoms with E-state index in [4.69, 9.17) is 40.9 Å². The Kier molecular flexibility index (Phi) is 32.6. The smallest absolute Gasteiger partial charge is 0.748 e. The Bertz CT molecular complexity index is 1250. The van der Waals surface area contributed by atoms with Gasteiger partial charge >= 0.3 is 55.3 Å². The summed E-state index contributed by atoms with van der Waals surface area (Å²) in [4.78, 5) is 70.6. The van der Waals surface area contributed by atoms with Crippen molar-refractivity contribution in [3.05, 3.63) is 0 Å². The largest absolute Gasteiger partial charge is 2.00 e. The molecule has 2 rings (SSSR count). The Labute approximate surface area is 342 Å². The molecule has 0 unspecified atom stereocenters. The molecule has 0 spiro atoms. The Morgan fingerprint density at radius 2 is 0.596 bits per heavy atom. The van der Waals surface area contributed by atoms with Gasteiger partial charge in [-0.1, -0.05) is 0 Å². The van der Waals surface area contributed by atoms with Crippen LogP contribution in [0.5, 0.6) is 0 Å². The summed E-state index contributed by atoms with van der Waals surface area (Å²) in [5, 5.41) is 67.1. The standard InChI is InChI=1S/2C8H18N2O4S.2C6H9NO6.Zn/c2*11-7-5-9-1-3-10(4-2-9)6-8-15(12,13)14;2*8-4(9)1-7(2-5(10)11)3-6(12)13;/h2*11H,1-8H2,(H,12,13,14);2*1-3H2,(H,8,9)(H,10,11)(H,12,13);/q;;;;+2/p-2. The third-order valence-electron chi connectivity index (χ3n) is 7.23. The number of carboxylic acid groups (broad SMARTS) is 6. The molecular weight excluding hydrogens is 870 g/mol. The van der Waals surface area contributed by atoms with Gasteiger partial charge in [0.1, 0.15) is 0 Å². The van der Waals surface area contributed by atoms with Gasteiger partial charge < -0.3 is 50.0 Å². The van der Waals surface area contributed by atoms with Crippen molar-refractivity contribution in [2.45, 2.75) is 0 Å². The van der Waals surface area contributed by atoms with Crippen LogP contribution in [0.3, 0.4) is 0 Å². The molecule has 2 heterocycles. The van der Waals surface area contributed by atoms with Gasteiger partial charge in [-0.15, -0.1) is 0 Å². The second-order valence-corrected chi connectivity index (χ2v) is 15.0. The summed E-state index contributed by atoms with van der Waals surface area (Å²) < 4.78 is 62.5. The first-order valence-corrected chi connectivity index (χ1v) is 19.7. The minimum atomic E-state index is -4.09. The first-order valence-electron chi connectivity index (χ1n) is 16.6. The number of β-amino-alcohol motifs (C(OH)–C–C–N with tert-alkyl or cyclic N) is 2. The van der Waals surface area contributed by atoms with Gasteiger partial charge in [-0.3, -0.25) is 58.2 Å². The van der Waals surface area contributed by atoms with Crippen LogP contribution in [0.25, 0.3) is 0 Å². The molecule has 2 aliphatic heterocycles. The fourth-order valence-corrected chi connectivity index (χ4v) is 5.68. The number of rotatable bonds is 22. The van der Waals surface area contributed by atoms with E-state index < -0.39 is 95.3 Å². The Balaban J connectivity index is -0.000000680. The number of aliphatic hydroxyl groups excluding tert-OH is 2. The molecule has 2 fully saturated rings. The molecule has 57 heavy (non-hydrogen) atoms. The average molecular weight is 922 g/mol. The van der Waals surface area contributed by atoms with Crippen molar-refractivity contribution < 1.29 is 115 Å². The molecule has 0 radical (unpaired) electrons. The summed E-state index contributed by atoms with van der Waals surface area (Å²) in [6.07, 6.45) is 0. The quantitative estimate of drug-likeness (QED) is 0.0370. The number of aliphatic hydroxyl groups is 2. The van der Waals surface area contributed by atoms with Gasteiger partial charge in [-0.05, 0) is 0 Å². The summed E-state index contributed by atoms with van der Waals surface area (Å²) in [5.41, 5.74) is 0. The third-order valence-corrected chi connectivity index (χ3v) is 8.60. The first-order chi connectivity index (χ1) is 25.8. The van der Waals surface area contributed by atoms with Gasteiger partial charge in [0.15, 0.2) is 0 Å². The number of carboxylic acids is 6. The zero-order chi connectivity index (χ0) is 43.5. The molecular formula is C28H52N6O20S2Zn. The molecule has 0 aliphatic carbocycles. The Morgan fingerprint density at radius 3 is 0.737 bits per heavy atom. The van der Waals surface area contributed by atoms with Crippen molar-refractivity contribution >= 4 is 56.1 Å². The Hall–Kier alpha value is -3.06. The molecule has 0 atom stereocenters. The van der Waals surface area contributed by atoms with Crippen LogP contribution in [0.2, 0.25) is 0 Å². The molecule has 2 aliphatic rings. The Morgan fingerprint density at radius 1 is 0.421 bits per heavy atom. The van der Waals surface area contributed by atoms with E-state index >= 15 is 0 Å². The van der Waals surface area contributed by atoms with Crippen molar-refractivity contribution in [3.8, 4) is 0 Å². The second kappa shape index (κ2) is 31.9. The van der Waals surface area contributed by atoms with E-state index in [0.29, 0.717) is 26.2 Å². The molecule has 0 aromatic carbocycles. The number of nitrogens with zero attached hydrogens (tertiary/aromatic N) is 6. The predicted octanol–water partition coefficient (Wildman–Crippen LogP) is -6.64. The minimum absolute atomic E-state index is 0. The number of hydrogen-bond donors (Lipinski definition) is 8. The van der Waals surface area contributed by atoms with Gasteiger partial charge in [-0.25, -0.2) is 16.8 Å². The summed E-state index contributed by atoms with van der Waals surface area (Å²) in [5.74, 6) is -8.19. The summed E-state index contributed by atoms with van der Waals surface area (Å²) in [7, 11) is -8.19. The average Bonchev–Trinajstić information content (AvgIpc) is 3.03. The molecule has 0 aromatic rings. The summed E-state index contributed by atoms with van der Waals surface area (Å²) >= 11 is 0. The molecule has 29 heteroatoms. The molecule has 8 N–H and O–H groups in total. The van der Waals surface area contributed by atoms with Crippen molar-refractivity contribution in [2.24, 2.45) is 0 Å². The fourth-order valence-electron chi connectivity index (χ4n) is 4.72. The van der Waals surface area contributed by atoms with E-state index in [1.54, 1.807) is 0 Å². The maximum Gasteiger partial charge on any atom is 2.00 e. The molecule has 26 nitrogen and oxygen atoms in total. The van der Waals surface area contributed by atoms with E-state index in [-0.39, 0.29) is 44.2 Å². The number of hydrogen-bond acceptors (Lipinski definition) is 20. The van der Waals surface area contributed by atoms with Gasteiger partial charge in [0.2, 0.25) is 0 Å². The monoisotopic (exact) mass is 920 g/mol. The van der Waals surface area contributed by atoms with Crippen LogP contribution >= 0.6 is 0 Å². The first kappa shape index (κ1) is 58.3. The molecule has 0 amide bonds. The second-order valence-electron chi connectivity index (χ2n) is 12.0. The van der Waals surface area contributed by atoms with E-state index in [2.05, 4.69) is 9.80 Å². The van der Waals surface area contributed by atoms with Gasteiger partial charge in [-0.2, -0.15) is 0 Å². The van der Waals surface area contributed by atoms with Crippen LogP contribution in [-0.4, -0.2) is 275 Å². The zero-order valence-corrected chi connectivity index (χ0v) is 35.8. The van der Waals surface area contributed by atoms with Crippen LogP contribution in [0.15, 0.2) is 0 Å². The third kappa shape index (κ3) is 39.5. The molecule has 2 saturated heterocycles. The topological polar surface area (TPSA) is 398 Å².